The van der Waals surface area contributed by atoms with Gasteiger partial charge >= 0.3 is 0 Å². The van der Waals surface area contributed by atoms with Gasteiger partial charge in [0.15, 0.2) is 0 Å². The van der Waals surface area contributed by atoms with Crippen LogP contribution in [0.25, 0.3) is 0 Å². The quantitative estimate of drug-likeness (QED) is 0.360. The zero-order chi connectivity index (χ0) is 20.8. The van der Waals surface area contributed by atoms with Crippen molar-refractivity contribution >= 4 is 13.2 Å². The summed E-state index contributed by atoms with van der Waals surface area (Å²) in [6.07, 6.45) is 3.79. The molecule has 0 aromatic heterocycles. The lowest BCUT2D eigenvalue weighted by atomic mass is 9.89. The van der Waals surface area contributed by atoms with Gasteiger partial charge in [-0.25, -0.2) is 0 Å². The van der Waals surface area contributed by atoms with Gasteiger partial charge in [0.1, 0.15) is 0 Å². The minimum atomic E-state index is -0.371. The molecule has 0 N–H and O–H groups in total. The van der Waals surface area contributed by atoms with Crippen LogP contribution in [0.3, 0.4) is 0 Å². The summed E-state index contributed by atoms with van der Waals surface area (Å²) in [5.41, 5.74) is 3.69. The Morgan fingerprint density at radius 1 is 0.800 bits per heavy atom. The van der Waals surface area contributed by atoms with Crippen molar-refractivity contribution in [3.05, 3.63) is 102 Å². The first-order chi connectivity index (χ1) is 14.8. The highest BCUT2D eigenvalue weighted by molar-refractivity contribution is 7.67. The van der Waals surface area contributed by atoms with Gasteiger partial charge in [0.2, 0.25) is 0 Å². The fourth-order valence-electron chi connectivity index (χ4n) is 5.23. The Bertz CT molecular complexity index is 892. The maximum atomic E-state index is 2.60. The number of rotatable bonds is 8. The fraction of sp³-hybridized carbons (Fsp3) is 0.357. The van der Waals surface area contributed by atoms with Gasteiger partial charge in [-0.1, -0.05) is 113 Å². The molecule has 3 atom stereocenters. The van der Waals surface area contributed by atoms with Crippen LogP contribution in [0.4, 0.5) is 0 Å². The van der Waals surface area contributed by atoms with Crippen LogP contribution in [0.2, 0.25) is 0 Å². The van der Waals surface area contributed by atoms with Crippen LogP contribution in [0.15, 0.2) is 91.0 Å². The lowest BCUT2D eigenvalue weighted by Gasteiger charge is -2.40. The molecule has 30 heavy (non-hydrogen) atoms. The summed E-state index contributed by atoms with van der Waals surface area (Å²) in [4.78, 5) is 2.60. The first-order valence-corrected chi connectivity index (χ1v) is 12.9. The van der Waals surface area contributed by atoms with Crippen molar-refractivity contribution in [3.63, 3.8) is 0 Å². The molecule has 1 fully saturated rings. The third-order valence-corrected chi connectivity index (χ3v) is 10.5. The first-order valence-electron chi connectivity index (χ1n) is 11.5. The Morgan fingerprint density at radius 3 is 1.97 bits per heavy atom. The lowest BCUT2D eigenvalue weighted by molar-refractivity contribution is 0.281. The van der Waals surface area contributed by atoms with Crippen LogP contribution in [-0.2, 0) is 5.16 Å². The average molecular weight is 416 g/mol. The molecule has 1 aliphatic heterocycles. The number of nitrogens with zero attached hydrogens (tertiary/aromatic N) is 1. The second-order valence-corrected chi connectivity index (χ2v) is 11.1. The third kappa shape index (κ3) is 4.25. The normalized spacial score (nSPS) is 23.7. The fourth-order valence-corrected chi connectivity index (χ4v) is 9.17. The summed E-state index contributed by atoms with van der Waals surface area (Å²) in [6.45, 7) is 8.02. The molecule has 0 unspecified atom stereocenters. The van der Waals surface area contributed by atoms with E-state index in [-0.39, 0.29) is 13.1 Å². The van der Waals surface area contributed by atoms with Crippen molar-refractivity contribution in [3.8, 4) is 0 Å². The van der Waals surface area contributed by atoms with Gasteiger partial charge in [-0.05, 0) is 55.3 Å². The van der Waals surface area contributed by atoms with E-state index < -0.39 is 0 Å². The molecular formula is C28H34NP. The van der Waals surface area contributed by atoms with E-state index >= 15 is 0 Å². The topological polar surface area (TPSA) is 3.24 Å². The smallest absolute Gasteiger partial charge is 0.0213 e. The maximum Gasteiger partial charge on any atom is 0.0213 e. The van der Waals surface area contributed by atoms with Crippen LogP contribution in [0.1, 0.15) is 49.9 Å². The van der Waals surface area contributed by atoms with E-state index in [1.54, 1.807) is 10.9 Å². The van der Waals surface area contributed by atoms with Crippen LogP contribution in [-0.4, -0.2) is 24.5 Å². The van der Waals surface area contributed by atoms with Crippen molar-refractivity contribution in [2.45, 2.75) is 43.9 Å². The predicted octanol–water partition coefficient (Wildman–Crippen LogP) is 6.96. The third-order valence-electron chi connectivity index (χ3n) is 6.87. The molecule has 1 heterocycles. The molecule has 0 bridgehead atoms. The lowest BCUT2D eigenvalue weighted by Crippen LogP contribution is -2.32. The van der Waals surface area contributed by atoms with E-state index in [4.69, 9.17) is 0 Å². The van der Waals surface area contributed by atoms with Crippen LogP contribution in [0, 0.1) is 0 Å². The van der Waals surface area contributed by atoms with Gasteiger partial charge in [0, 0.05) is 10.8 Å². The second-order valence-electron chi connectivity index (χ2n) is 8.35. The van der Waals surface area contributed by atoms with E-state index in [1.165, 1.54) is 31.4 Å². The zero-order valence-electron chi connectivity index (χ0n) is 18.4. The van der Waals surface area contributed by atoms with E-state index in [0.29, 0.717) is 5.66 Å². The molecule has 0 saturated carbocycles. The highest BCUT2D eigenvalue weighted by Gasteiger charge is 2.49. The molecule has 3 aromatic rings. The first kappa shape index (κ1) is 21.3. The zero-order valence-corrected chi connectivity index (χ0v) is 19.3. The van der Waals surface area contributed by atoms with Crippen molar-refractivity contribution in [2.24, 2.45) is 0 Å². The van der Waals surface area contributed by atoms with Gasteiger partial charge in [0.05, 0.1) is 0 Å². The summed E-state index contributed by atoms with van der Waals surface area (Å²) >= 11 is 0. The SMILES string of the molecule is CCN(CC)CC[C@]1(c2ccccc2)CC[C@@H](c2ccccc2)[P@]1c1ccccc1. The Balaban J connectivity index is 1.82. The highest BCUT2D eigenvalue weighted by Crippen LogP contribution is 2.73. The Hall–Kier alpha value is -1.95. The molecule has 3 aromatic carbocycles. The summed E-state index contributed by atoms with van der Waals surface area (Å²) < 4.78 is 0. The average Bonchev–Trinajstić information content (AvgIpc) is 3.22. The molecule has 0 amide bonds. The van der Waals surface area contributed by atoms with Gasteiger partial charge < -0.3 is 4.90 Å². The van der Waals surface area contributed by atoms with Gasteiger partial charge in [-0.3, -0.25) is 0 Å². The molecule has 0 aliphatic carbocycles. The minimum absolute atomic E-state index is 0.237. The van der Waals surface area contributed by atoms with E-state index in [9.17, 15) is 0 Å². The summed E-state index contributed by atoms with van der Waals surface area (Å²) in [5.74, 6) is 0. The molecule has 1 saturated heterocycles. The molecule has 156 valence electrons. The van der Waals surface area contributed by atoms with Gasteiger partial charge in [0.25, 0.3) is 0 Å². The summed E-state index contributed by atoms with van der Waals surface area (Å²) in [5, 5.41) is 1.79. The second kappa shape index (κ2) is 9.90. The molecule has 1 aliphatic rings. The van der Waals surface area contributed by atoms with Crippen LogP contribution < -0.4 is 5.30 Å². The summed E-state index contributed by atoms with van der Waals surface area (Å²) in [7, 11) is -0.371. The Kier molecular flexibility index (Phi) is 7.03. The minimum Gasteiger partial charge on any atom is -0.304 e. The number of hydrogen-bond donors (Lipinski definition) is 0. The molecule has 2 heteroatoms. The van der Waals surface area contributed by atoms with Crippen molar-refractivity contribution in [1.82, 2.24) is 4.90 Å². The monoisotopic (exact) mass is 415 g/mol. The largest absolute Gasteiger partial charge is 0.304 e. The van der Waals surface area contributed by atoms with Crippen molar-refractivity contribution in [1.29, 1.82) is 0 Å². The number of hydrogen-bond acceptors (Lipinski definition) is 1. The van der Waals surface area contributed by atoms with Crippen LogP contribution >= 0.6 is 7.92 Å². The van der Waals surface area contributed by atoms with Gasteiger partial charge in [-0.15, -0.1) is 0 Å². The molecule has 0 radical (unpaired) electrons. The molecule has 4 rings (SSSR count). The van der Waals surface area contributed by atoms with E-state index in [1.807, 2.05) is 0 Å². The maximum absolute atomic E-state index is 2.60. The highest BCUT2D eigenvalue weighted by atomic mass is 31.1. The Morgan fingerprint density at radius 2 is 1.37 bits per heavy atom. The number of benzene rings is 3. The van der Waals surface area contributed by atoms with Crippen molar-refractivity contribution < 1.29 is 0 Å². The van der Waals surface area contributed by atoms with E-state index in [0.717, 1.165) is 13.1 Å². The standard InChI is InChI=1S/C28H34NP/c1-3-29(4-2)23-22-28(25-16-10-6-11-17-25)21-20-27(24-14-8-5-9-15-24)30(28)26-18-12-7-13-19-26/h5-19,27H,3-4,20-23H2,1-2H3/t27-,28-,30-/m0/s1. The molecule has 1 nitrogen and oxygen atoms in total. The summed E-state index contributed by atoms with van der Waals surface area (Å²) in [6, 6.07) is 34.1. The van der Waals surface area contributed by atoms with Gasteiger partial charge in [-0.2, -0.15) is 0 Å². The van der Waals surface area contributed by atoms with Crippen molar-refractivity contribution in [2.75, 3.05) is 19.6 Å². The van der Waals surface area contributed by atoms with E-state index in [2.05, 4.69) is 110 Å². The molecular weight excluding hydrogens is 381 g/mol. The Labute approximate surface area is 183 Å². The predicted molar refractivity (Wildman–Crippen MR) is 132 cm³/mol. The van der Waals surface area contributed by atoms with Crippen LogP contribution in [0.5, 0.6) is 0 Å². The molecule has 0 spiro atoms.